The lowest BCUT2D eigenvalue weighted by Crippen LogP contribution is -2.57. The molecule has 0 bridgehead atoms. The number of esters is 1. The van der Waals surface area contributed by atoms with Crippen LogP contribution in [0.3, 0.4) is 0 Å². The standard InChI is InChI=1S/C23H26N2O4/c1-15-19-7-6-17-13-24-14-25-20(17)22(19,8-9-23(15)28-10-11-29-23)18-5-3-4-16(12-18)21(26)27-2/h3-5,12-15,19H,6-11H2,1-2H3/t15-,19-,22+/m0/s1. The fourth-order valence-electron chi connectivity index (χ4n) is 5.98. The lowest BCUT2D eigenvalue weighted by Gasteiger charge is -2.55. The predicted octanol–water partition coefficient (Wildman–Crippen LogP) is 3.28. The van der Waals surface area contributed by atoms with Gasteiger partial charge in [-0.2, -0.15) is 0 Å². The molecule has 6 heteroatoms. The van der Waals surface area contributed by atoms with Crippen LogP contribution in [0.5, 0.6) is 0 Å². The molecule has 0 N–H and O–H groups in total. The Labute approximate surface area is 170 Å². The van der Waals surface area contributed by atoms with Gasteiger partial charge in [0.25, 0.3) is 0 Å². The molecule has 1 aromatic carbocycles. The Balaban J connectivity index is 1.69. The first-order valence-electron chi connectivity index (χ1n) is 10.4. The average Bonchev–Trinajstić information content (AvgIpc) is 3.25. The number of rotatable bonds is 2. The molecule has 3 aliphatic rings. The fourth-order valence-corrected chi connectivity index (χ4v) is 5.98. The molecule has 0 unspecified atom stereocenters. The molecule has 1 saturated carbocycles. The highest BCUT2D eigenvalue weighted by Crippen LogP contribution is 2.59. The van der Waals surface area contributed by atoms with Crippen LogP contribution >= 0.6 is 0 Å². The van der Waals surface area contributed by atoms with Gasteiger partial charge in [-0.15, -0.1) is 0 Å². The minimum absolute atomic E-state index is 0.212. The van der Waals surface area contributed by atoms with Crippen molar-refractivity contribution in [1.82, 2.24) is 9.97 Å². The lowest BCUT2D eigenvalue weighted by atomic mass is 9.51. The van der Waals surface area contributed by atoms with Crippen molar-refractivity contribution < 1.29 is 19.0 Å². The Morgan fingerprint density at radius 1 is 1.24 bits per heavy atom. The summed E-state index contributed by atoms with van der Waals surface area (Å²) < 4.78 is 17.3. The smallest absolute Gasteiger partial charge is 0.337 e. The topological polar surface area (TPSA) is 70.5 Å². The van der Waals surface area contributed by atoms with Crippen LogP contribution in [0.4, 0.5) is 0 Å². The van der Waals surface area contributed by atoms with Gasteiger partial charge in [0.15, 0.2) is 5.79 Å². The van der Waals surface area contributed by atoms with Gasteiger partial charge < -0.3 is 14.2 Å². The fraction of sp³-hybridized carbons (Fsp3) is 0.522. The second-order valence-electron chi connectivity index (χ2n) is 8.38. The summed E-state index contributed by atoms with van der Waals surface area (Å²) in [6, 6.07) is 7.86. The molecule has 152 valence electrons. The Kier molecular flexibility index (Phi) is 4.44. The molecule has 1 spiro atoms. The molecule has 1 aliphatic heterocycles. The second-order valence-corrected chi connectivity index (χ2v) is 8.38. The number of benzene rings is 1. The van der Waals surface area contributed by atoms with E-state index >= 15 is 0 Å². The van der Waals surface area contributed by atoms with E-state index in [4.69, 9.17) is 19.2 Å². The first-order chi connectivity index (χ1) is 14.1. The van der Waals surface area contributed by atoms with Crippen LogP contribution in [0.15, 0.2) is 36.8 Å². The molecule has 6 nitrogen and oxygen atoms in total. The van der Waals surface area contributed by atoms with Crippen molar-refractivity contribution in [2.45, 2.75) is 43.8 Å². The molecule has 0 amide bonds. The number of hydrogen-bond donors (Lipinski definition) is 0. The third kappa shape index (κ3) is 2.66. The molecule has 1 aromatic heterocycles. The monoisotopic (exact) mass is 394 g/mol. The molecule has 2 fully saturated rings. The van der Waals surface area contributed by atoms with E-state index in [1.807, 2.05) is 24.4 Å². The summed E-state index contributed by atoms with van der Waals surface area (Å²) in [6.07, 6.45) is 7.21. The Hall–Kier alpha value is -2.31. The second kappa shape index (κ2) is 6.89. The van der Waals surface area contributed by atoms with Gasteiger partial charge in [0.2, 0.25) is 0 Å². The highest BCUT2D eigenvalue weighted by Gasteiger charge is 2.60. The van der Waals surface area contributed by atoms with Crippen LogP contribution in [0, 0.1) is 11.8 Å². The van der Waals surface area contributed by atoms with Crippen molar-refractivity contribution in [2.24, 2.45) is 11.8 Å². The number of aromatic nitrogens is 2. The van der Waals surface area contributed by atoms with Crippen molar-refractivity contribution in [3.8, 4) is 0 Å². The number of aryl methyl sites for hydroxylation is 1. The van der Waals surface area contributed by atoms with Crippen LogP contribution in [0.2, 0.25) is 0 Å². The Morgan fingerprint density at radius 3 is 2.86 bits per heavy atom. The normalized spacial score (nSPS) is 29.9. The SMILES string of the molecule is COC(=O)c1cccc([C@]23CCC4(OCCO4)[C@@H](C)[C@@H]2CCc2cncnc23)c1. The van der Waals surface area contributed by atoms with Gasteiger partial charge in [-0.05, 0) is 48.4 Å². The molecule has 2 aliphatic carbocycles. The number of carbonyl (C=O) groups excluding carboxylic acids is 1. The lowest BCUT2D eigenvalue weighted by molar-refractivity contribution is -0.232. The summed E-state index contributed by atoms with van der Waals surface area (Å²) in [6.45, 7) is 3.56. The third-order valence-electron chi connectivity index (χ3n) is 7.31. The number of ether oxygens (including phenoxy) is 3. The molecule has 5 rings (SSSR count). The molecule has 2 aromatic rings. The zero-order chi connectivity index (χ0) is 20.1. The van der Waals surface area contributed by atoms with Crippen LogP contribution in [-0.2, 0) is 26.0 Å². The number of methoxy groups -OCH3 is 1. The maximum absolute atomic E-state index is 12.2. The Bertz CT molecular complexity index is 940. The van der Waals surface area contributed by atoms with E-state index in [1.165, 1.54) is 12.7 Å². The molecular weight excluding hydrogens is 368 g/mol. The van der Waals surface area contributed by atoms with Crippen LogP contribution in [0.1, 0.15) is 53.4 Å². The van der Waals surface area contributed by atoms with E-state index in [2.05, 4.69) is 18.0 Å². The van der Waals surface area contributed by atoms with Gasteiger partial charge in [-0.1, -0.05) is 19.1 Å². The first-order valence-corrected chi connectivity index (χ1v) is 10.4. The van der Waals surface area contributed by atoms with Crippen LogP contribution < -0.4 is 0 Å². The molecule has 0 radical (unpaired) electrons. The largest absolute Gasteiger partial charge is 0.465 e. The maximum Gasteiger partial charge on any atom is 0.337 e. The van der Waals surface area contributed by atoms with Gasteiger partial charge in [0.05, 0.1) is 31.6 Å². The minimum Gasteiger partial charge on any atom is -0.465 e. The quantitative estimate of drug-likeness (QED) is 0.728. The molecule has 29 heavy (non-hydrogen) atoms. The summed E-state index contributed by atoms with van der Waals surface area (Å²) in [4.78, 5) is 21.3. The highest BCUT2D eigenvalue weighted by molar-refractivity contribution is 5.89. The molecule has 1 saturated heterocycles. The van der Waals surface area contributed by atoms with E-state index in [0.717, 1.165) is 36.9 Å². The molecular formula is C23H26N2O4. The van der Waals surface area contributed by atoms with Crippen molar-refractivity contribution in [2.75, 3.05) is 20.3 Å². The van der Waals surface area contributed by atoms with Crippen molar-refractivity contribution in [3.05, 3.63) is 59.2 Å². The maximum atomic E-state index is 12.2. The van der Waals surface area contributed by atoms with Crippen molar-refractivity contribution >= 4 is 5.97 Å². The van der Waals surface area contributed by atoms with E-state index in [-0.39, 0.29) is 17.3 Å². The number of hydrogen-bond acceptors (Lipinski definition) is 6. The first kappa shape index (κ1) is 18.7. The summed E-state index contributed by atoms with van der Waals surface area (Å²) in [5, 5.41) is 0. The summed E-state index contributed by atoms with van der Waals surface area (Å²) >= 11 is 0. The van der Waals surface area contributed by atoms with E-state index in [0.29, 0.717) is 24.7 Å². The van der Waals surface area contributed by atoms with Crippen LogP contribution in [0.25, 0.3) is 0 Å². The van der Waals surface area contributed by atoms with Gasteiger partial charge in [-0.25, -0.2) is 14.8 Å². The van der Waals surface area contributed by atoms with Crippen molar-refractivity contribution in [3.63, 3.8) is 0 Å². The van der Waals surface area contributed by atoms with Gasteiger partial charge in [0, 0.05) is 24.0 Å². The summed E-state index contributed by atoms with van der Waals surface area (Å²) in [5.41, 5.74) is 3.68. The third-order valence-corrected chi connectivity index (χ3v) is 7.31. The predicted molar refractivity (Wildman–Crippen MR) is 105 cm³/mol. The van der Waals surface area contributed by atoms with E-state index < -0.39 is 5.79 Å². The molecule has 3 atom stereocenters. The number of fused-ring (bicyclic) bond motifs is 3. The van der Waals surface area contributed by atoms with E-state index in [1.54, 1.807) is 6.33 Å². The Morgan fingerprint density at radius 2 is 2.07 bits per heavy atom. The zero-order valence-corrected chi connectivity index (χ0v) is 16.9. The van der Waals surface area contributed by atoms with E-state index in [9.17, 15) is 4.79 Å². The minimum atomic E-state index is -0.501. The highest BCUT2D eigenvalue weighted by atomic mass is 16.7. The number of nitrogens with zero attached hydrogens (tertiary/aromatic N) is 2. The van der Waals surface area contributed by atoms with Crippen molar-refractivity contribution in [1.29, 1.82) is 0 Å². The van der Waals surface area contributed by atoms with Crippen LogP contribution in [-0.4, -0.2) is 42.0 Å². The summed E-state index contributed by atoms with van der Waals surface area (Å²) in [7, 11) is 1.42. The molecule has 2 heterocycles. The van der Waals surface area contributed by atoms with Gasteiger partial charge in [0.1, 0.15) is 6.33 Å². The zero-order valence-electron chi connectivity index (χ0n) is 16.9. The van der Waals surface area contributed by atoms with Gasteiger partial charge in [-0.3, -0.25) is 0 Å². The number of carbonyl (C=O) groups is 1. The average molecular weight is 394 g/mol. The van der Waals surface area contributed by atoms with Gasteiger partial charge >= 0.3 is 5.97 Å². The summed E-state index contributed by atoms with van der Waals surface area (Å²) in [5.74, 6) is -0.312.